The standard InChI is InChI=1S/C13H13N5O2S/c1-17-9-4-3-8(5-10(9)18(2)13(17)20)6-14-16-12-15-11(19)7-21-12/h3-6H,7H2,1-2H3,(H,15,16,19). The quantitative estimate of drug-likeness (QED) is 0.645. The van der Waals surface area contributed by atoms with Gasteiger partial charge in [-0.3, -0.25) is 13.9 Å². The molecular weight excluding hydrogens is 290 g/mol. The number of nitrogens with one attached hydrogen (secondary N) is 1. The van der Waals surface area contributed by atoms with Crippen LogP contribution in [0.4, 0.5) is 0 Å². The molecule has 0 aliphatic carbocycles. The predicted molar refractivity (Wildman–Crippen MR) is 83.8 cm³/mol. The Balaban J connectivity index is 1.90. The van der Waals surface area contributed by atoms with Crippen LogP contribution in [0.2, 0.25) is 0 Å². The number of amides is 1. The van der Waals surface area contributed by atoms with E-state index in [1.807, 2.05) is 18.2 Å². The number of aryl methyl sites for hydroxylation is 2. The van der Waals surface area contributed by atoms with E-state index in [1.54, 1.807) is 29.4 Å². The number of benzene rings is 1. The number of imidazole rings is 1. The van der Waals surface area contributed by atoms with Crippen LogP contribution in [0, 0.1) is 0 Å². The van der Waals surface area contributed by atoms with Gasteiger partial charge < -0.3 is 5.32 Å². The number of aromatic nitrogens is 2. The van der Waals surface area contributed by atoms with E-state index < -0.39 is 0 Å². The summed E-state index contributed by atoms with van der Waals surface area (Å²) in [5.74, 6) is 0.321. The third-order valence-corrected chi connectivity index (χ3v) is 4.10. The molecular formula is C13H13N5O2S. The van der Waals surface area contributed by atoms with Gasteiger partial charge in [0.15, 0.2) is 5.17 Å². The number of carbonyl (C=O) groups excluding carboxylic acids is 1. The lowest BCUT2D eigenvalue weighted by Gasteiger charge is -1.96. The highest BCUT2D eigenvalue weighted by Gasteiger charge is 2.15. The minimum atomic E-state index is -0.0654. The third-order valence-electron chi connectivity index (χ3n) is 3.24. The second kappa shape index (κ2) is 5.21. The van der Waals surface area contributed by atoms with Gasteiger partial charge >= 0.3 is 5.69 Å². The number of carbonyl (C=O) groups is 1. The number of thioether (sulfide) groups is 1. The number of rotatable bonds is 2. The average molecular weight is 303 g/mol. The van der Waals surface area contributed by atoms with Crippen LogP contribution in [0.25, 0.3) is 11.0 Å². The number of hydrogen-bond donors (Lipinski definition) is 1. The molecule has 1 fully saturated rings. The summed E-state index contributed by atoms with van der Waals surface area (Å²) >= 11 is 1.32. The Kier molecular flexibility index (Phi) is 3.38. The molecule has 8 heteroatoms. The van der Waals surface area contributed by atoms with E-state index in [4.69, 9.17) is 0 Å². The molecule has 21 heavy (non-hydrogen) atoms. The second-order valence-corrected chi connectivity index (χ2v) is 5.60. The Morgan fingerprint density at radius 1 is 1.24 bits per heavy atom. The molecule has 1 N–H and O–H groups in total. The molecule has 0 unspecified atom stereocenters. The lowest BCUT2D eigenvalue weighted by Crippen LogP contribution is -2.19. The Labute approximate surface area is 124 Å². The van der Waals surface area contributed by atoms with E-state index in [9.17, 15) is 9.59 Å². The van der Waals surface area contributed by atoms with Gasteiger partial charge in [-0.15, -0.1) is 5.10 Å². The fourth-order valence-electron chi connectivity index (χ4n) is 2.13. The van der Waals surface area contributed by atoms with Crippen molar-refractivity contribution in [1.29, 1.82) is 0 Å². The largest absolute Gasteiger partial charge is 0.328 e. The minimum absolute atomic E-state index is 0.0605. The van der Waals surface area contributed by atoms with Gasteiger partial charge in [-0.25, -0.2) is 4.79 Å². The molecule has 1 amide bonds. The van der Waals surface area contributed by atoms with Crippen molar-refractivity contribution in [2.45, 2.75) is 0 Å². The van der Waals surface area contributed by atoms with E-state index in [2.05, 4.69) is 15.5 Å². The molecule has 0 radical (unpaired) electrons. The van der Waals surface area contributed by atoms with Crippen LogP contribution >= 0.6 is 11.8 Å². The monoisotopic (exact) mass is 303 g/mol. The molecule has 3 rings (SSSR count). The molecule has 0 saturated carbocycles. The van der Waals surface area contributed by atoms with Crippen molar-refractivity contribution < 1.29 is 4.79 Å². The second-order valence-electron chi connectivity index (χ2n) is 4.64. The molecule has 2 aromatic rings. The topological polar surface area (TPSA) is 80.8 Å². The van der Waals surface area contributed by atoms with Crippen molar-refractivity contribution in [2.75, 3.05) is 5.75 Å². The van der Waals surface area contributed by atoms with Crippen LogP contribution in [0.15, 0.2) is 33.2 Å². The Bertz CT molecular complexity index is 846. The van der Waals surface area contributed by atoms with Crippen LogP contribution in [0.1, 0.15) is 5.56 Å². The highest BCUT2D eigenvalue weighted by Crippen LogP contribution is 2.13. The highest BCUT2D eigenvalue weighted by molar-refractivity contribution is 8.15. The van der Waals surface area contributed by atoms with Crippen LogP contribution in [0.3, 0.4) is 0 Å². The van der Waals surface area contributed by atoms with Gasteiger partial charge in [0.25, 0.3) is 0 Å². The normalized spacial score (nSPS) is 17.2. The van der Waals surface area contributed by atoms with E-state index in [0.717, 1.165) is 16.6 Å². The molecule has 1 aromatic heterocycles. The van der Waals surface area contributed by atoms with Crippen molar-refractivity contribution in [2.24, 2.45) is 24.3 Å². The van der Waals surface area contributed by atoms with Gasteiger partial charge in [-0.05, 0) is 17.7 Å². The highest BCUT2D eigenvalue weighted by atomic mass is 32.2. The maximum Gasteiger partial charge on any atom is 0.328 e. The summed E-state index contributed by atoms with van der Waals surface area (Å²) in [5, 5.41) is 11.0. The summed E-state index contributed by atoms with van der Waals surface area (Å²) < 4.78 is 3.19. The molecule has 7 nitrogen and oxygen atoms in total. The molecule has 0 atom stereocenters. The maximum atomic E-state index is 11.8. The van der Waals surface area contributed by atoms with Crippen molar-refractivity contribution >= 4 is 40.1 Å². The first-order chi connectivity index (χ1) is 10.1. The first-order valence-corrected chi connectivity index (χ1v) is 7.24. The van der Waals surface area contributed by atoms with Crippen LogP contribution < -0.4 is 11.0 Å². The predicted octanol–water partition coefficient (Wildman–Crippen LogP) is 0.430. The molecule has 1 aliphatic rings. The first kappa shape index (κ1) is 13.6. The van der Waals surface area contributed by atoms with Crippen molar-refractivity contribution in [3.05, 3.63) is 34.2 Å². The molecule has 0 bridgehead atoms. The summed E-state index contributed by atoms with van der Waals surface area (Å²) in [6, 6.07) is 5.62. The summed E-state index contributed by atoms with van der Waals surface area (Å²) in [6.45, 7) is 0. The fraction of sp³-hybridized carbons (Fsp3) is 0.231. The summed E-state index contributed by atoms with van der Waals surface area (Å²) in [5.41, 5.74) is 2.47. The smallest absolute Gasteiger partial charge is 0.303 e. The number of nitrogens with zero attached hydrogens (tertiary/aromatic N) is 4. The van der Waals surface area contributed by atoms with Crippen LogP contribution in [0.5, 0.6) is 0 Å². The van der Waals surface area contributed by atoms with Gasteiger partial charge in [-0.1, -0.05) is 17.8 Å². The lowest BCUT2D eigenvalue weighted by molar-refractivity contribution is -0.116. The Hall–Kier alpha value is -2.35. The molecule has 1 saturated heterocycles. The number of amidine groups is 1. The zero-order valence-electron chi connectivity index (χ0n) is 11.5. The van der Waals surface area contributed by atoms with Gasteiger partial charge in [0.2, 0.25) is 5.91 Å². The molecule has 1 aromatic carbocycles. The summed E-state index contributed by atoms with van der Waals surface area (Å²) in [4.78, 5) is 22.9. The van der Waals surface area contributed by atoms with Crippen molar-refractivity contribution in [3.63, 3.8) is 0 Å². The summed E-state index contributed by atoms with van der Waals surface area (Å²) in [6.07, 6.45) is 1.59. The molecule has 1 aliphatic heterocycles. The SMILES string of the molecule is Cn1c(=O)n(C)c2cc(C=NN=C3NC(=O)CS3)ccc21. The minimum Gasteiger partial charge on any atom is -0.303 e. The molecule has 2 heterocycles. The first-order valence-electron chi connectivity index (χ1n) is 6.25. The van der Waals surface area contributed by atoms with Gasteiger partial charge in [-0.2, -0.15) is 5.10 Å². The van der Waals surface area contributed by atoms with Crippen LogP contribution in [-0.2, 0) is 18.9 Å². The zero-order valence-corrected chi connectivity index (χ0v) is 12.3. The molecule has 108 valence electrons. The van der Waals surface area contributed by atoms with Crippen LogP contribution in [-0.4, -0.2) is 32.2 Å². The third kappa shape index (κ3) is 2.49. The maximum absolute atomic E-state index is 11.8. The molecule has 0 spiro atoms. The van der Waals surface area contributed by atoms with E-state index in [-0.39, 0.29) is 11.6 Å². The van der Waals surface area contributed by atoms with Gasteiger partial charge in [0.05, 0.1) is 23.0 Å². The van der Waals surface area contributed by atoms with E-state index in [1.165, 1.54) is 11.8 Å². The number of hydrogen-bond acceptors (Lipinski definition) is 5. The number of fused-ring (bicyclic) bond motifs is 1. The summed E-state index contributed by atoms with van der Waals surface area (Å²) in [7, 11) is 3.47. The Morgan fingerprint density at radius 3 is 2.71 bits per heavy atom. The average Bonchev–Trinajstić information content (AvgIpc) is 2.98. The van der Waals surface area contributed by atoms with E-state index >= 15 is 0 Å². The fourth-order valence-corrected chi connectivity index (χ4v) is 2.76. The zero-order chi connectivity index (χ0) is 15.0. The van der Waals surface area contributed by atoms with Crippen molar-refractivity contribution in [3.8, 4) is 0 Å². The van der Waals surface area contributed by atoms with Gasteiger partial charge in [0.1, 0.15) is 0 Å². The lowest BCUT2D eigenvalue weighted by atomic mass is 10.2. The van der Waals surface area contributed by atoms with Crippen molar-refractivity contribution in [1.82, 2.24) is 14.5 Å². The van der Waals surface area contributed by atoms with Gasteiger partial charge in [0, 0.05) is 14.1 Å². The Morgan fingerprint density at radius 2 is 2.00 bits per heavy atom. The van der Waals surface area contributed by atoms with E-state index in [0.29, 0.717) is 10.9 Å².